The average molecular weight is 291 g/mol. The Labute approximate surface area is 120 Å². The summed E-state index contributed by atoms with van der Waals surface area (Å²) in [5.74, 6) is -1.30. The molecule has 0 radical (unpaired) electrons. The van der Waals surface area contributed by atoms with Crippen molar-refractivity contribution in [2.24, 2.45) is 0 Å². The van der Waals surface area contributed by atoms with E-state index >= 15 is 0 Å². The summed E-state index contributed by atoms with van der Waals surface area (Å²) < 4.78 is 10.1. The molecule has 1 aromatic rings. The lowest BCUT2D eigenvalue weighted by Crippen LogP contribution is -2.25. The van der Waals surface area contributed by atoms with Gasteiger partial charge in [0, 0.05) is 23.3 Å². The van der Waals surface area contributed by atoms with Crippen LogP contribution >= 0.6 is 0 Å². The molecule has 7 heteroatoms. The Morgan fingerprint density at radius 2 is 2.14 bits per heavy atom. The van der Waals surface area contributed by atoms with Gasteiger partial charge in [-0.1, -0.05) is 0 Å². The number of nitro groups is 1. The third-order valence-electron chi connectivity index (χ3n) is 3.14. The molecule has 0 fully saturated rings. The standard InChI is InChI=1S/C14H13NO6/c1-3-20-14(17)13(16)11-7-21-12-5-4-9(15(18)19)6-10(12)8(11)2/h4-6H,3,7H2,1-2H3. The van der Waals surface area contributed by atoms with Gasteiger partial charge in [-0.15, -0.1) is 0 Å². The van der Waals surface area contributed by atoms with Crippen molar-refractivity contribution in [3.05, 3.63) is 39.4 Å². The summed E-state index contributed by atoms with van der Waals surface area (Å²) in [6, 6.07) is 4.12. The van der Waals surface area contributed by atoms with Crippen molar-refractivity contribution in [1.29, 1.82) is 0 Å². The SMILES string of the molecule is CCOC(=O)C(=O)C1=C(C)c2cc([N+](=O)[O-])ccc2OC1. The minimum absolute atomic E-state index is 0.0612. The van der Waals surface area contributed by atoms with Gasteiger partial charge in [-0.2, -0.15) is 0 Å². The first-order valence-electron chi connectivity index (χ1n) is 6.28. The van der Waals surface area contributed by atoms with E-state index in [9.17, 15) is 19.7 Å². The van der Waals surface area contributed by atoms with E-state index < -0.39 is 16.7 Å². The number of allylic oxidation sites excluding steroid dienone is 1. The first-order chi connectivity index (χ1) is 9.95. The highest BCUT2D eigenvalue weighted by molar-refractivity contribution is 6.42. The number of non-ortho nitro benzene ring substituents is 1. The summed E-state index contributed by atoms with van der Waals surface area (Å²) in [7, 11) is 0. The maximum absolute atomic E-state index is 12.0. The molecule has 0 amide bonds. The molecule has 0 atom stereocenters. The molecular weight excluding hydrogens is 278 g/mol. The monoisotopic (exact) mass is 291 g/mol. The normalized spacial score (nSPS) is 13.2. The van der Waals surface area contributed by atoms with E-state index in [4.69, 9.17) is 4.74 Å². The second-order valence-electron chi connectivity index (χ2n) is 4.38. The minimum Gasteiger partial charge on any atom is -0.488 e. The van der Waals surface area contributed by atoms with Crippen LogP contribution in [0.1, 0.15) is 19.4 Å². The van der Waals surface area contributed by atoms with Gasteiger partial charge in [0.2, 0.25) is 0 Å². The topological polar surface area (TPSA) is 95.7 Å². The molecule has 2 rings (SSSR count). The number of nitro benzene ring substituents is 1. The molecule has 110 valence electrons. The van der Waals surface area contributed by atoms with Crippen molar-refractivity contribution in [3.8, 4) is 5.75 Å². The minimum atomic E-state index is -0.954. The second-order valence-corrected chi connectivity index (χ2v) is 4.38. The Balaban J connectivity index is 2.44. The molecule has 0 N–H and O–H groups in total. The van der Waals surface area contributed by atoms with E-state index in [1.165, 1.54) is 18.2 Å². The zero-order chi connectivity index (χ0) is 15.6. The number of hydrogen-bond donors (Lipinski definition) is 0. The van der Waals surface area contributed by atoms with Gasteiger partial charge in [0.25, 0.3) is 11.5 Å². The molecule has 7 nitrogen and oxygen atoms in total. The molecule has 21 heavy (non-hydrogen) atoms. The fourth-order valence-electron chi connectivity index (χ4n) is 2.03. The van der Waals surface area contributed by atoms with Crippen molar-refractivity contribution in [1.82, 2.24) is 0 Å². The maximum atomic E-state index is 12.0. The zero-order valence-electron chi connectivity index (χ0n) is 11.5. The van der Waals surface area contributed by atoms with Gasteiger partial charge in [-0.3, -0.25) is 14.9 Å². The van der Waals surface area contributed by atoms with Gasteiger partial charge in [0.1, 0.15) is 12.4 Å². The zero-order valence-corrected chi connectivity index (χ0v) is 11.5. The van der Waals surface area contributed by atoms with Crippen LogP contribution in [0, 0.1) is 10.1 Å². The van der Waals surface area contributed by atoms with E-state index in [0.717, 1.165) is 0 Å². The van der Waals surface area contributed by atoms with Crippen LogP contribution in [-0.2, 0) is 14.3 Å². The number of benzene rings is 1. The molecule has 1 aliphatic rings. The van der Waals surface area contributed by atoms with Gasteiger partial charge in [0.15, 0.2) is 0 Å². The Morgan fingerprint density at radius 1 is 1.43 bits per heavy atom. The fourth-order valence-corrected chi connectivity index (χ4v) is 2.03. The van der Waals surface area contributed by atoms with Crippen LogP contribution in [-0.4, -0.2) is 29.9 Å². The van der Waals surface area contributed by atoms with Crippen LogP contribution in [0.3, 0.4) is 0 Å². The highest BCUT2D eigenvalue weighted by Crippen LogP contribution is 2.35. The Hall–Kier alpha value is -2.70. The highest BCUT2D eigenvalue weighted by Gasteiger charge is 2.28. The molecule has 1 heterocycles. The van der Waals surface area contributed by atoms with Crippen LogP contribution in [0.2, 0.25) is 0 Å². The van der Waals surface area contributed by atoms with Crippen molar-refractivity contribution in [2.45, 2.75) is 13.8 Å². The van der Waals surface area contributed by atoms with Gasteiger partial charge < -0.3 is 9.47 Å². The number of nitrogens with zero attached hydrogens (tertiary/aromatic N) is 1. The smallest absolute Gasteiger partial charge is 0.379 e. The summed E-state index contributed by atoms with van der Waals surface area (Å²) in [6.45, 7) is 3.26. The third kappa shape index (κ3) is 2.76. The quantitative estimate of drug-likeness (QED) is 0.364. The number of carbonyl (C=O) groups excluding carboxylic acids is 2. The predicted molar refractivity (Wildman–Crippen MR) is 72.8 cm³/mol. The number of carbonyl (C=O) groups is 2. The summed E-state index contributed by atoms with van der Waals surface area (Å²) in [5, 5.41) is 10.8. The van der Waals surface area contributed by atoms with Crippen LogP contribution < -0.4 is 4.74 Å². The average Bonchev–Trinajstić information content (AvgIpc) is 2.47. The molecule has 0 aliphatic carbocycles. The molecule has 0 saturated carbocycles. The van der Waals surface area contributed by atoms with Crippen LogP contribution in [0.15, 0.2) is 23.8 Å². The molecule has 1 aromatic carbocycles. The number of ether oxygens (including phenoxy) is 2. The van der Waals surface area contributed by atoms with Crippen molar-refractivity contribution in [2.75, 3.05) is 13.2 Å². The lowest BCUT2D eigenvalue weighted by Gasteiger charge is -2.20. The predicted octanol–water partition coefficient (Wildman–Crippen LogP) is 1.89. The Bertz CT molecular complexity index is 661. The van der Waals surface area contributed by atoms with Gasteiger partial charge in [0.05, 0.1) is 11.5 Å². The summed E-state index contributed by atoms with van der Waals surface area (Å²) in [5.41, 5.74) is 0.962. The number of ketones is 1. The second kappa shape index (κ2) is 5.74. The first-order valence-corrected chi connectivity index (χ1v) is 6.28. The third-order valence-corrected chi connectivity index (χ3v) is 3.14. The number of esters is 1. The summed E-state index contributed by atoms with van der Waals surface area (Å²) in [6.07, 6.45) is 0. The van der Waals surface area contributed by atoms with Crippen molar-refractivity contribution in [3.63, 3.8) is 0 Å². The molecule has 0 bridgehead atoms. The lowest BCUT2D eigenvalue weighted by molar-refractivity contribution is -0.384. The van der Waals surface area contributed by atoms with E-state index in [1.54, 1.807) is 13.8 Å². The van der Waals surface area contributed by atoms with Crippen LogP contribution in [0.25, 0.3) is 5.57 Å². The van der Waals surface area contributed by atoms with Crippen LogP contribution in [0.4, 0.5) is 5.69 Å². The number of Topliss-reactive ketones (excluding diaryl/α,β-unsaturated/α-hetero) is 1. The summed E-state index contributed by atoms with van der Waals surface area (Å²) in [4.78, 5) is 33.8. The van der Waals surface area contributed by atoms with Gasteiger partial charge in [-0.05, 0) is 25.5 Å². The molecule has 0 spiro atoms. The molecule has 0 saturated heterocycles. The van der Waals surface area contributed by atoms with Crippen LogP contribution in [0.5, 0.6) is 5.75 Å². The summed E-state index contributed by atoms with van der Waals surface area (Å²) >= 11 is 0. The van der Waals surface area contributed by atoms with Crippen molar-refractivity contribution >= 4 is 23.0 Å². The van der Waals surface area contributed by atoms with E-state index in [2.05, 4.69) is 4.74 Å². The van der Waals surface area contributed by atoms with Gasteiger partial charge >= 0.3 is 5.97 Å². The van der Waals surface area contributed by atoms with Gasteiger partial charge in [-0.25, -0.2) is 4.79 Å². The Kier molecular flexibility index (Phi) is 4.02. The highest BCUT2D eigenvalue weighted by atomic mass is 16.6. The molecule has 1 aliphatic heterocycles. The number of hydrogen-bond acceptors (Lipinski definition) is 6. The molecule has 0 aromatic heterocycles. The molecular formula is C14H13NO6. The first kappa shape index (κ1) is 14.7. The Morgan fingerprint density at radius 3 is 2.76 bits per heavy atom. The number of rotatable bonds is 4. The van der Waals surface area contributed by atoms with Crippen molar-refractivity contribution < 1.29 is 24.0 Å². The fraction of sp³-hybridized carbons (Fsp3) is 0.286. The van der Waals surface area contributed by atoms with E-state index in [1.807, 2.05) is 0 Å². The molecule has 0 unspecified atom stereocenters. The maximum Gasteiger partial charge on any atom is 0.379 e. The van der Waals surface area contributed by atoms with E-state index in [-0.39, 0.29) is 24.5 Å². The largest absolute Gasteiger partial charge is 0.488 e. The van der Waals surface area contributed by atoms with E-state index in [0.29, 0.717) is 16.9 Å². The lowest BCUT2D eigenvalue weighted by atomic mass is 9.95. The number of fused-ring (bicyclic) bond motifs is 1.